The predicted octanol–water partition coefficient (Wildman–Crippen LogP) is 0.569. The number of nitrogens with one attached hydrogen (secondary N) is 2. The lowest BCUT2D eigenvalue weighted by Crippen LogP contribution is -2.12. The van der Waals surface area contributed by atoms with Crippen LogP contribution in [0.25, 0.3) is 11.6 Å². The van der Waals surface area contributed by atoms with Crippen LogP contribution in [0.1, 0.15) is 12.7 Å². The van der Waals surface area contributed by atoms with E-state index in [9.17, 15) is 0 Å². The van der Waals surface area contributed by atoms with Gasteiger partial charge in [0.05, 0.1) is 6.54 Å². The second-order valence-electron chi connectivity index (χ2n) is 2.77. The Balaban J connectivity index is 2.10. The van der Waals surface area contributed by atoms with E-state index in [4.69, 9.17) is 4.52 Å². The Hall–Kier alpha value is -1.69. The molecule has 74 valence electrons. The zero-order valence-corrected chi connectivity index (χ0v) is 7.82. The summed E-state index contributed by atoms with van der Waals surface area (Å²) in [6, 6.07) is 1.78. The summed E-state index contributed by atoms with van der Waals surface area (Å²) < 4.78 is 5.03. The third-order valence-corrected chi connectivity index (χ3v) is 1.73. The number of hydrogen-bond acceptors (Lipinski definition) is 5. The Labute approximate surface area is 80.7 Å². The van der Waals surface area contributed by atoms with Gasteiger partial charge in [-0.25, -0.2) is 0 Å². The van der Waals surface area contributed by atoms with Crippen LogP contribution in [0.3, 0.4) is 0 Å². The molecule has 2 aromatic heterocycles. The van der Waals surface area contributed by atoms with Crippen molar-refractivity contribution >= 4 is 0 Å². The molecule has 0 amide bonds. The van der Waals surface area contributed by atoms with Gasteiger partial charge in [0.15, 0.2) is 5.82 Å². The van der Waals surface area contributed by atoms with Crippen molar-refractivity contribution < 1.29 is 4.52 Å². The molecule has 0 aliphatic rings. The molecule has 0 aliphatic heterocycles. The highest BCUT2D eigenvalue weighted by molar-refractivity contribution is 5.44. The lowest BCUT2D eigenvalue weighted by molar-refractivity contribution is 0.418. The highest BCUT2D eigenvalue weighted by Gasteiger charge is 2.08. The van der Waals surface area contributed by atoms with Crippen molar-refractivity contribution in [3.8, 4) is 11.6 Å². The second kappa shape index (κ2) is 4.01. The van der Waals surface area contributed by atoms with Gasteiger partial charge in [-0.05, 0) is 12.6 Å². The fraction of sp³-hybridized carbons (Fsp3) is 0.375. The summed E-state index contributed by atoms with van der Waals surface area (Å²) in [5.41, 5.74) is 0.736. The second-order valence-corrected chi connectivity index (χ2v) is 2.77. The van der Waals surface area contributed by atoms with Crippen LogP contribution in [0.2, 0.25) is 0 Å². The third kappa shape index (κ3) is 1.80. The average molecular weight is 193 g/mol. The van der Waals surface area contributed by atoms with Crippen LogP contribution in [-0.4, -0.2) is 26.9 Å². The minimum atomic E-state index is 0.468. The van der Waals surface area contributed by atoms with Gasteiger partial charge in [0, 0.05) is 6.20 Å². The highest BCUT2D eigenvalue weighted by atomic mass is 16.5. The Morgan fingerprint density at radius 1 is 1.57 bits per heavy atom. The molecular formula is C8H11N5O. The number of aromatic nitrogens is 4. The van der Waals surface area contributed by atoms with Crippen LogP contribution in [0, 0.1) is 0 Å². The number of H-pyrrole nitrogens is 1. The van der Waals surface area contributed by atoms with Crippen LogP contribution in [-0.2, 0) is 6.54 Å². The van der Waals surface area contributed by atoms with Gasteiger partial charge in [0.25, 0.3) is 5.89 Å². The smallest absolute Gasteiger partial charge is 0.275 e. The van der Waals surface area contributed by atoms with Crippen molar-refractivity contribution in [1.29, 1.82) is 0 Å². The predicted molar refractivity (Wildman–Crippen MR) is 49.3 cm³/mol. The van der Waals surface area contributed by atoms with Crippen molar-refractivity contribution in [2.45, 2.75) is 13.5 Å². The molecule has 6 nitrogen and oxygen atoms in total. The van der Waals surface area contributed by atoms with E-state index in [-0.39, 0.29) is 0 Å². The van der Waals surface area contributed by atoms with Gasteiger partial charge >= 0.3 is 0 Å². The number of nitrogens with zero attached hydrogens (tertiary/aromatic N) is 3. The van der Waals surface area contributed by atoms with Gasteiger partial charge in [0.1, 0.15) is 5.69 Å². The summed E-state index contributed by atoms with van der Waals surface area (Å²) in [6.45, 7) is 3.53. The summed E-state index contributed by atoms with van der Waals surface area (Å²) in [4.78, 5) is 4.18. The van der Waals surface area contributed by atoms with E-state index in [1.165, 1.54) is 0 Å². The first-order valence-electron chi connectivity index (χ1n) is 4.43. The molecule has 2 N–H and O–H groups in total. The van der Waals surface area contributed by atoms with Gasteiger partial charge in [-0.2, -0.15) is 10.1 Å². The number of rotatable bonds is 4. The first-order valence-corrected chi connectivity index (χ1v) is 4.43. The Bertz CT molecular complexity index is 380. The number of hydrogen-bond donors (Lipinski definition) is 2. The molecule has 14 heavy (non-hydrogen) atoms. The van der Waals surface area contributed by atoms with Gasteiger partial charge in [-0.1, -0.05) is 12.1 Å². The molecule has 2 heterocycles. The quantitative estimate of drug-likeness (QED) is 0.742. The molecule has 0 radical (unpaired) electrons. The van der Waals surface area contributed by atoms with E-state index in [2.05, 4.69) is 25.7 Å². The summed E-state index contributed by atoms with van der Waals surface area (Å²) >= 11 is 0. The summed E-state index contributed by atoms with van der Waals surface area (Å²) in [6.07, 6.45) is 1.64. The van der Waals surface area contributed by atoms with E-state index in [0.717, 1.165) is 12.2 Å². The molecule has 6 heteroatoms. The average Bonchev–Trinajstić information content (AvgIpc) is 2.85. The van der Waals surface area contributed by atoms with Crippen molar-refractivity contribution in [2.75, 3.05) is 6.54 Å². The van der Waals surface area contributed by atoms with Gasteiger partial charge in [-0.15, -0.1) is 0 Å². The third-order valence-electron chi connectivity index (χ3n) is 1.73. The topological polar surface area (TPSA) is 79.6 Å². The fourth-order valence-electron chi connectivity index (χ4n) is 1.05. The molecule has 0 spiro atoms. The van der Waals surface area contributed by atoms with E-state index >= 15 is 0 Å². The van der Waals surface area contributed by atoms with Crippen LogP contribution in [0.5, 0.6) is 0 Å². The first-order chi connectivity index (χ1) is 6.90. The minimum Gasteiger partial charge on any atom is -0.332 e. The highest BCUT2D eigenvalue weighted by Crippen LogP contribution is 2.12. The molecule has 2 rings (SSSR count). The lowest BCUT2D eigenvalue weighted by Gasteiger charge is -1.92. The molecule has 0 unspecified atom stereocenters. The molecule has 0 aromatic carbocycles. The van der Waals surface area contributed by atoms with Crippen LogP contribution >= 0.6 is 0 Å². The summed E-state index contributed by atoms with van der Waals surface area (Å²) in [5, 5.41) is 13.5. The number of aromatic amines is 1. The molecule has 0 bridgehead atoms. The van der Waals surface area contributed by atoms with Crippen molar-refractivity contribution in [3.05, 3.63) is 18.1 Å². The van der Waals surface area contributed by atoms with Gasteiger partial charge in [-0.3, -0.25) is 5.10 Å². The molecule has 0 saturated carbocycles. The summed E-state index contributed by atoms with van der Waals surface area (Å²) in [5.74, 6) is 1.12. The molecular weight excluding hydrogens is 182 g/mol. The van der Waals surface area contributed by atoms with Crippen molar-refractivity contribution in [2.24, 2.45) is 0 Å². The fourth-order valence-corrected chi connectivity index (χ4v) is 1.05. The van der Waals surface area contributed by atoms with E-state index < -0.39 is 0 Å². The van der Waals surface area contributed by atoms with Gasteiger partial charge < -0.3 is 9.84 Å². The Kier molecular flexibility index (Phi) is 2.55. The molecule has 0 atom stereocenters. The maximum Gasteiger partial charge on any atom is 0.275 e. The van der Waals surface area contributed by atoms with Crippen LogP contribution in [0.4, 0.5) is 0 Å². The zero-order valence-electron chi connectivity index (χ0n) is 7.82. The van der Waals surface area contributed by atoms with Crippen molar-refractivity contribution in [1.82, 2.24) is 25.7 Å². The molecule has 0 fully saturated rings. The van der Waals surface area contributed by atoms with E-state index in [1.54, 1.807) is 12.3 Å². The molecule has 0 aliphatic carbocycles. The lowest BCUT2D eigenvalue weighted by atomic mass is 10.4. The Morgan fingerprint density at radius 2 is 2.50 bits per heavy atom. The van der Waals surface area contributed by atoms with E-state index in [1.807, 2.05) is 6.92 Å². The van der Waals surface area contributed by atoms with Crippen LogP contribution in [0.15, 0.2) is 16.8 Å². The minimum absolute atomic E-state index is 0.468. The van der Waals surface area contributed by atoms with Crippen molar-refractivity contribution in [3.63, 3.8) is 0 Å². The molecule has 2 aromatic rings. The van der Waals surface area contributed by atoms with E-state index in [0.29, 0.717) is 18.3 Å². The monoisotopic (exact) mass is 193 g/mol. The SMILES string of the molecule is CCNCc1noc(-c2ccn[nH]2)n1. The summed E-state index contributed by atoms with van der Waals surface area (Å²) in [7, 11) is 0. The standard InChI is InChI=1S/C8H11N5O/c1-2-9-5-7-11-8(14-13-7)6-3-4-10-12-6/h3-4,9H,2,5H2,1H3,(H,10,12). The van der Waals surface area contributed by atoms with Gasteiger partial charge in [0.2, 0.25) is 0 Å². The van der Waals surface area contributed by atoms with Crippen LogP contribution < -0.4 is 5.32 Å². The molecule has 0 saturated heterocycles. The zero-order chi connectivity index (χ0) is 9.80. The first kappa shape index (κ1) is 8.89. The largest absolute Gasteiger partial charge is 0.332 e. The maximum atomic E-state index is 5.03. The maximum absolute atomic E-state index is 5.03. The Morgan fingerprint density at radius 3 is 3.21 bits per heavy atom. The normalized spacial score (nSPS) is 10.6.